The summed E-state index contributed by atoms with van der Waals surface area (Å²) in [5.41, 5.74) is 2.17. The highest BCUT2D eigenvalue weighted by Crippen LogP contribution is 2.38. The Hall–Kier alpha value is -4.50. The molecule has 198 valence electrons. The number of fused-ring (bicyclic) bond motifs is 1. The molecule has 1 atom stereocenters. The van der Waals surface area contributed by atoms with Crippen LogP contribution in [0.25, 0.3) is 22.0 Å². The van der Waals surface area contributed by atoms with Crippen molar-refractivity contribution in [2.24, 2.45) is 5.10 Å². The van der Waals surface area contributed by atoms with Gasteiger partial charge in [0.25, 0.3) is 5.56 Å². The molecule has 10 heteroatoms. The fourth-order valence-corrected chi connectivity index (χ4v) is 4.91. The Labute approximate surface area is 227 Å². The van der Waals surface area contributed by atoms with Gasteiger partial charge in [0.1, 0.15) is 11.6 Å². The predicted octanol–water partition coefficient (Wildman–Crippen LogP) is 5.54. The molecule has 5 rings (SSSR count). The maximum absolute atomic E-state index is 14.4. The summed E-state index contributed by atoms with van der Waals surface area (Å²) in [6.07, 6.45) is -0.460. The van der Waals surface area contributed by atoms with Crippen LogP contribution < -0.4 is 10.3 Å². The third kappa shape index (κ3) is 5.26. The smallest absolute Gasteiger partial charge is 0.303 e. The first kappa shape index (κ1) is 26.1. The number of halogens is 2. The highest BCUT2D eigenvalue weighted by Gasteiger charge is 2.35. The topological polar surface area (TPSA) is 112 Å². The molecule has 39 heavy (non-hydrogen) atoms. The average Bonchev–Trinajstić information content (AvgIpc) is 3.36. The van der Waals surface area contributed by atoms with Crippen LogP contribution in [0.5, 0.6) is 5.75 Å². The Bertz CT molecular complexity index is 1680. The van der Waals surface area contributed by atoms with E-state index in [1.165, 1.54) is 24.3 Å². The summed E-state index contributed by atoms with van der Waals surface area (Å²) in [4.78, 5) is 40.7. The standard InChI is InChI=1S/C29H23ClFN3O5/c1-39-20-9-10-22-21(14-20)27(17-3-2-4-19(31)13-17)28(29(38)32-22)23-15-24(16-5-7-18(30)8-6-16)34(33-23)25(35)11-12-26(36)37/h2-10,13-14,24H,11-12,15H2,1H3,(H,32,38)(H,36,37). The first-order valence-electron chi connectivity index (χ1n) is 12.1. The van der Waals surface area contributed by atoms with Gasteiger partial charge in [-0.05, 0) is 53.6 Å². The van der Waals surface area contributed by atoms with Crippen molar-refractivity contribution in [2.75, 3.05) is 7.11 Å². The molecule has 0 fully saturated rings. The number of carbonyl (C=O) groups excluding carboxylic acids is 1. The van der Waals surface area contributed by atoms with Gasteiger partial charge in [0.15, 0.2) is 0 Å². The number of H-pyrrole nitrogens is 1. The van der Waals surface area contributed by atoms with Gasteiger partial charge < -0.3 is 14.8 Å². The minimum atomic E-state index is -1.11. The van der Waals surface area contributed by atoms with Crippen molar-refractivity contribution in [1.82, 2.24) is 9.99 Å². The molecule has 0 aliphatic carbocycles. The highest BCUT2D eigenvalue weighted by atomic mass is 35.5. The molecule has 1 amide bonds. The van der Waals surface area contributed by atoms with Gasteiger partial charge in [-0.25, -0.2) is 9.40 Å². The second kappa shape index (κ2) is 10.7. The van der Waals surface area contributed by atoms with E-state index in [1.807, 2.05) is 0 Å². The molecule has 2 heterocycles. The lowest BCUT2D eigenvalue weighted by atomic mass is 9.91. The zero-order valence-corrected chi connectivity index (χ0v) is 21.5. The minimum absolute atomic E-state index is 0.168. The summed E-state index contributed by atoms with van der Waals surface area (Å²) in [7, 11) is 1.52. The van der Waals surface area contributed by atoms with Crippen molar-refractivity contribution in [2.45, 2.75) is 25.3 Å². The normalized spacial score (nSPS) is 14.9. The maximum Gasteiger partial charge on any atom is 0.303 e. The number of carboxylic acids is 1. The Kier molecular flexibility index (Phi) is 7.17. The molecule has 0 radical (unpaired) electrons. The fourth-order valence-electron chi connectivity index (χ4n) is 4.78. The van der Waals surface area contributed by atoms with Gasteiger partial charge in [-0.2, -0.15) is 5.10 Å². The molecular formula is C29H23ClFN3O5. The number of benzene rings is 3. The van der Waals surface area contributed by atoms with Crippen molar-refractivity contribution in [3.63, 3.8) is 0 Å². The van der Waals surface area contributed by atoms with E-state index in [1.54, 1.807) is 54.6 Å². The first-order chi connectivity index (χ1) is 18.7. The van der Waals surface area contributed by atoms with E-state index in [4.69, 9.17) is 21.4 Å². The molecule has 0 spiro atoms. The van der Waals surface area contributed by atoms with E-state index in [0.717, 1.165) is 0 Å². The quantitative estimate of drug-likeness (QED) is 0.315. The number of hydrazone groups is 1. The van der Waals surface area contributed by atoms with Crippen molar-refractivity contribution >= 4 is 40.1 Å². The molecule has 1 aromatic heterocycles. The van der Waals surface area contributed by atoms with Crippen LogP contribution in [-0.4, -0.2) is 39.8 Å². The maximum atomic E-state index is 14.4. The summed E-state index contributed by atoms with van der Waals surface area (Å²) >= 11 is 6.07. The molecule has 4 aromatic rings. The Morgan fingerprint density at radius 3 is 2.56 bits per heavy atom. The van der Waals surface area contributed by atoms with Gasteiger partial charge in [-0.15, -0.1) is 0 Å². The van der Waals surface area contributed by atoms with E-state index in [9.17, 15) is 18.8 Å². The lowest BCUT2D eigenvalue weighted by Crippen LogP contribution is -2.27. The molecule has 2 N–H and O–H groups in total. The summed E-state index contributed by atoms with van der Waals surface area (Å²) in [5, 5.41) is 16.0. The van der Waals surface area contributed by atoms with Crippen LogP contribution in [0.4, 0.5) is 4.39 Å². The second-order valence-electron chi connectivity index (χ2n) is 9.08. The number of aromatic nitrogens is 1. The van der Waals surface area contributed by atoms with E-state index < -0.39 is 29.3 Å². The van der Waals surface area contributed by atoms with Crippen molar-refractivity contribution < 1.29 is 23.8 Å². The predicted molar refractivity (Wildman–Crippen MR) is 146 cm³/mol. The summed E-state index contributed by atoms with van der Waals surface area (Å²) in [6, 6.07) is 17.3. The molecule has 1 unspecified atom stereocenters. The molecule has 8 nitrogen and oxygen atoms in total. The van der Waals surface area contributed by atoms with Crippen LogP contribution in [0.3, 0.4) is 0 Å². The third-order valence-electron chi connectivity index (χ3n) is 6.60. The van der Waals surface area contributed by atoms with Crippen molar-refractivity contribution in [3.8, 4) is 16.9 Å². The van der Waals surface area contributed by atoms with Gasteiger partial charge in [0, 0.05) is 34.3 Å². The van der Waals surface area contributed by atoms with Crippen LogP contribution in [0.15, 0.2) is 76.6 Å². The second-order valence-corrected chi connectivity index (χ2v) is 9.51. The number of aromatic amines is 1. The summed E-state index contributed by atoms with van der Waals surface area (Å²) in [6.45, 7) is 0. The van der Waals surface area contributed by atoms with Crippen LogP contribution in [0.1, 0.15) is 36.4 Å². The number of carboxylic acid groups (broad SMARTS) is 1. The van der Waals surface area contributed by atoms with Crippen LogP contribution >= 0.6 is 11.6 Å². The average molecular weight is 548 g/mol. The van der Waals surface area contributed by atoms with Crippen LogP contribution in [-0.2, 0) is 9.59 Å². The zero-order valence-electron chi connectivity index (χ0n) is 20.8. The SMILES string of the molecule is COc1ccc2[nH]c(=O)c(C3=NN(C(=O)CCC(=O)O)C(c4ccc(Cl)cc4)C3)c(-c3cccc(F)c3)c2c1. The van der Waals surface area contributed by atoms with E-state index >= 15 is 0 Å². The minimum Gasteiger partial charge on any atom is -0.497 e. The number of aliphatic carboxylic acids is 1. The number of carbonyl (C=O) groups is 2. The number of hydrogen-bond donors (Lipinski definition) is 2. The molecule has 3 aromatic carbocycles. The Morgan fingerprint density at radius 1 is 1.10 bits per heavy atom. The molecule has 1 aliphatic heterocycles. The van der Waals surface area contributed by atoms with Crippen molar-refractivity contribution in [1.29, 1.82) is 0 Å². The summed E-state index contributed by atoms with van der Waals surface area (Å²) < 4.78 is 19.8. The first-order valence-corrected chi connectivity index (χ1v) is 12.5. The van der Waals surface area contributed by atoms with Crippen LogP contribution in [0.2, 0.25) is 5.02 Å². The molecular weight excluding hydrogens is 525 g/mol. The number of methoxy groups -OCH3 is 1. The number of hydrogen-bond acceptors (Lipinski definition) is 5. The lowest BCUT2D eigenvalue weighted by molar-refractivity contribution is -0.141. The van der Waals surface area contributed by atoms with E-state index in [2.05, 4.69) is 10.1 Å². The number of ether oxygens (including phenoxy) is 1. The van der Waals surface area contributed by atoms with Gasteiger partial charge >= 0.3 is 5.97 Å². The third-order valence-corrected chi connectivity index (χ3v) is 6.85. The number of amides is 1. The van der Waals surface area contributed by atoms with E-state index in [0.29, 0.717) is 44.1 Å². The van der Waals surface area contributed by atoms with Gasteiger partial charge in [-0.3, -0.25) is 14.4 Å². The van der Waals surface area contributed by atoms with E-state index in [-0.39, 0.29) is 24.8 Å². The molecule has 0 saturated carbocycles. The monoisotopic (exact) mass is 547 g/mol. The van der Waals surface area contributed by atoms with Gasteiger partial charge in [-0.1, -0.05) is 35.9 Å². The number of pyridine rings is 1. The molecule has 0 bridgehead atoms. The molecule has 0 saturated heterocycles. The summed E-state index contributed by atoms with van der Waals surface area (Å²) in [5.74, 6) is -1.55. The lowest BCUT2D eigenvalue weighted by Gasteiger charge is -2.22. The number of nitrogens with zero attached hydrogens (tertiary/aromatic N) is 2. The number of nitrogens with one attached hydrogen (secondary N) is 1. The van der Waals surface area contributed by atoms with Crippen LogP contribution in [0, 0.1) is 5.82 Å². The largest absolute Gasteiger partial charge is 0.497 e. The zero-order chi connectivity index (χ0) is 27.7. The highest BCUT2D eigenvalue weighted by molar-refractivity contribution is 6.30. The Morgan fingerprint density at radius 2 is 1.87 bits per heavy atom. The van der Waals surface area contributed by atoms with Gasteiger partial charge in [0.2, 0.25) is 5.91 Å². The Balaban J connectivity index is 1.72. The number of rotatable bonds is 7. The van der Waals surface area contributed by atoms with Gasteiger partial charge in [0.05, 0.1) is 30.8 Å². The molecule has 1 aliphatic rings. The fraction of sp³-hybridized carbons (Fsp3) is 0.172. The van der Waals surface area contributed by atoms with Crippen molar-refractivity contribution in [3.05, 3.63) is 99.1 Å².